The summed E-state index contributed by atoms with van der Waals surface area (Å²) in [5.41, 5.74) is -1.04. The van der Waals surface area contributed by atoms with E-state index in [0.29, 0.717) is 5.56 Å². The Morgan fingerprint density at radius 3 is 2.13 bits per heavy atom. The van der Waals surface area contributed by atoms with E-state index in [1.165, 1.54) is 30.3 Å². The molecule has 0 unspecified atom stereocenters. The summed E-state index contributed by atoms with van der Waals surface area (Å²) in [5, 5.41) is 17.5. The van der Waals surface area contributed by atoms with E-state index < -0.39 is 51.9 Å². The Hall–Kier alpha value is -3.96. The zero-order valence-electron chi connectivity index (χ0n) is 14.7. The van der Waals surface area contributed by atoms with Crippen LogP contribution in [0.2, 0.25) is 0 Å². The molecule has 0 atom stereocenters. The van der Waals surface area contributed by atoms with Crippen molar-refractivity contribution in [1.82, 2.24) is 15.0 Å². The standard InChI is InChI=1S/C18H9F5N4O3/c19-14-11(15(20)17(22)18(23)16(14)21)7-26-8-12(24-25-26)13(28)6-3-9-1-4-10(5-2-9)27(29)30/h1-6,8H,7H2. The maximum absolute atomic E-state index is 13.7. The molecule has 7 nitrogen and oxygen atoms in total. The lowest BCUT2D eigenvalue weighted by molar-refractivity contribution is -0.384. The molecule has 0 spiro atoms. The second kappa shape index (κ2) is 8.19. The van der Waals surface area contributed by atoms with Gasteiger partial charge in [-0.1, -0.05) is 11.3 Å². The molecular formula is C18H9F5N4O3. The molecule has 154 valence electrons. The van der Waals surface area contributed by atoms with Gasteiger partial charge in [-0.15, -0.1) is 5.10 Å². The molecule has 12 heteroatoms. The number of halogens is 5. The van der Waals surface area contributed by atoms with E-state index in [-0.39, 0.29) is 11.4 Å². The van der Waals surface area contributed by atoms with E-state index in [1.807, 2.05) is 0 Å². The van der Waals surface area contributed by atoms with E-state index >= 15 is 0 Å². The van der Waals surface area contributed by atoms with Crippen LogP contribution in [0.25, 0.3) is 6.08 Å². The number of carbonyl (C=O) groups excluding carboxylic acids is 1. The van der Waals surface area contributed by atoms with Crippen LogP contribution in [0.15, 0.2) is 36.5 Å². The molecule has 3 rings (SSSR count). The first-order chi connectivity index (χ1) is 14.2. The number of aromatic nitrogens is 3. The fourth-order valence-corrected chi connectivity index (χ4v) is 2.40. The molecule has 0 radical (unpaired) electrons. The van der Waals surface area contributed by atoms with Crippen molar-refractivity contribution in [3.8, 4) is 0 Å². The maximum atomic E-state index is 13.7. The van der Waals surface area contributed by atoms with Crippen LogP contribution < -0.4 is 0 Å². The van der Waals surface area contributed by atoms with Crippen molar-refractivity contribution >= 4 is 17.5 Å². The number of non-ortho nitro benzene ring substituents is 1. The predicted octanol–water partition coefficient (Wildman–Crippen LogP) is 3.83. The van der Waals surface area contributed by atoms with Gasteiger partial charge < -0.3 is 0 Å². The number of rotatable bonds is 6. The number of nitro groups is 1. The monoisotopic (exact) mass is 424 g/mol. The Labute approximate surface area is 164 Å². The van der Waals surface area contributed by atoms with E-state index in [2.05, 4.69) is 10.3 Å². The number of nitro benzene ring substituents is 1. The summed E-state index contributed by atoms with van der Waals surface area (Å²) >= 11 is 0. The smallest absolute Gasteiger partial charge is 0.269 e. The third kappa shape index (κ3) is 4.06. The summed E-state index contributed by atoms with van der Waals surface area (Å²) in [6.45, 7) is -0.849. The summed E-state index contributed by atoms with van der Waals surface area (Å²) < 4.78 is 67.8. The third-order valence-corrected chi connectivity index (χ3v) is 3.94. The molecule has 3 aromatic rings. The minimum Gasteiger partial charge on any atom is -0.287 e. The van der Waals surface area contributed by atoms with Crippen LogP contribution in [-0.4, -0.2) is 25.7 Å². The summed E-state index contributed by atoms with van der Waals surface area (Å²) in [6, 6.07) is 5.29. The van der Waals surface area contributed by atoms with Crippen molar-refractivity contribution < 1.29 is 31.7 Å². The average molecular weight is 424 g/mol. The number of hydrogen-bond donors (Lipinski definition) is 0. The van der Waals surface area contributed by atoms with E-state index in [0.717, 1.165) is 17.0 Å². The van der Waals surface area contributed by atoms with Crippen LogP contribution in [0.1, 0.15) is 21.6 Å². The Morgan fingerprint density at radius 2 is 1.57 bits per heavy atom. The van der Waals surface area contributed by atoms with Crippen LogP contribution >= 0.6 is 0 Å². The normalized spacial score (nSPS) is 11.2. The van der Waals surface area contributed by atoms with Crippen LogP contribution in [0.3, 0.4) is 0 Å². The zero-order chi connectivity index (χ0) is 22.0. The van der Waals surface area contributed by atoms with Crippen LogP contribution in [-0.2, 0) is 6.54 Å². The van der Waals surface area contributed by atoms with Gasteiger partial charge in [-0.3, -0.25) is 14.9 Å². The Balaban J connectivity index is 1.77. The average Bonchev–Trinajstić information content (AvgIpc) is 3.21. The van der Waals surface area contributed by atoms with E-state index in [4.69, 9.17) is 0 Å². The summed E-state index contributed by atoms with van der Waals surface area (Å²) in [7, 11) is 0. The van der Waals surface area contributed by atoms with Crippen LogP contribution in [0.4, 0.5) is 27.6 Å². The molecule has 0 aliphatic rings. The molecule has 0 saturated carbocycles. The largest absolute Gasteiger partial charge is 0.287 e. The molecular weight excluding hydrogens is 415 g/mol. The molecule has 0 aliphatic carbocycles. The highest BCUT2D eigenvalue weighted by molar-refractivity contribution is 6.05. The molecule has 2 aromatic carbocycles. The number of ketones is 1. The summed E-state index contributed by atoms with van der Waals surface area (Å²) in [5.74, 6) is -11.1. The second-order valence-corrected chi connectivity index (χ2v) is 5.90. The molecule has 0 amide bonds. The number of carbonyl (C=O) groups is 1. The lowest BCUT2D eigenvalue weighted by Gasteiger charge is -2.07. The topological polar surface area (TPSA) is 90.9 Å². The number of hydrogen-bond acceptors (Lipinski definition) is 5. The lowest BCUT2D eigenvalue weighted by atomic mass is 10.1. The maximum Gasteiger partial charge on any atom is 0.269 e. The minimum atomic E-state index is -2.28. The lowest BCUT2D eigenvalue weighted by Crippen LogP contribution is -2.11. The van der Waals surface area contributed by atoms with Gasteiger partial charge in [0.2, 0.25) is 11.6 Å². The van der Waals surface area contributed by atoms with Crippen molar-refractivity contribution in [1.29, 1.82) is 0 Å². The molecule has 0 N–H and O–H groups in total. The van der Waals surface area contributed by atoms with Gasteiger partial charge in [-0.05, 0) is 23.8 Å². The first kappa shape index (κ1) is 20.8. The van der Waals surface area contributed by atoms with Gasteiger partial charge in [0.25, 0.3) is 5.69 Å². The first-order valence-corrected chi connectivity index (χ1v) is 8.06. The Kier molecular flexibility index (Phi) is 5.67. The van der Waals surface area contributed by atoms with Gasteiger partial charge in [0.1, 0.15) is 0 Å². The molecule has 0 aliphatic heterocycles. The Morgan fingerprint density at radius 1 is 1.00 bits per heavy atom. The van der Waals surface area contributed by atoms with Crippen LogP contribution in [0, 0.1) is 39.2 Å². The molecule has 0 fully saturated rings. The van der Waals surface area contributed by atoms with E-state index in [9.17, 15) is 36.9 Å². The highest BCUT2D eigenvalue weighted by atomic mass is 19.2. The highest BCUT2D eigenvalue weighted by Gasteiger charge is 2.26. The van der Waals surface area contributed by atoms with Gasteiger partial charge in [0.15, 0.2) is 29.0 Å². The van der Waals surface area contributed by atoms with Crippen LogP contribution in [0.5, 0.6) is 0 Å². The third-order valence-electron chi connectivity index (χ3n) is 3.94. The van der Waals surface area contributed by atoms with Gasteiger partial charge in [0.05, 0.1) is 23.2 Å². The van der Waals surface area contributed by atoms with Crippen molar-refractivity contribution in [2.24, 2.45) is 0 Å². The van der Waals surface area contributed by atoms with Gasteiger partial charge >= 0.3 is 0 Å². The van der Waals surface area contributed by atoms with Gasteiger partial charge in [-0.25, -0.2) is 26.6 Å². The fourth-order valence-electron chi connectivity index (χ4n) is 2.40. The van der Waals surface area contributed by atoms with Crippen molar-refractivity contribution in [2.45, 2.75) is 6.54 Å². The zero-order valence-corrected chi connectivity index (χ0v) is 14.7. The minimum absolute atomic E-state index is 0.130. The molecule has 1 heterocycles. The summed E-state index contributed by atoms with van der Waals surface area (Å²) in [6.07, 6.45) is 3.39. The first-order valence-electron chi connectivity index (χ1n) is 8.06. The van der Waals surface area contributed by atoms with Crippen molar-refractivity contribution in [3.63, 3.8) is 0 Å². The summed E-state index contributed by atoms with van der Waals surface area (Å²) in [4.78, 5) is 22.1. The molecule has 1 aromatic heterocycles. The SMILES string of the molecule is O=C(C=Cc1ccc([N+](=O)[O-])cc1)c1cn(Cc2c(F)c(F)c(F)c(F)c2F)nn1. The number of nitrogens with zero attached hydrogens (tertiary/aromatic N) is 4. The number of benzene rings is 2. The second-order valence-electron chi connectivity index (χ2n) is 5.90. The molecule has 30 heavy (non-hydrogen) atoms. The molecule has 0 bridgehead atoms. The van der Waals surface area contributed by atoms with Crippen molar-refractivity contribution in [3.05, 3.63) is 92.6 Å². The van der Waals surface area contributed by atoms with Crippen molar-refractivity contribution in [2.75, 3.05) is 0 Å². The highest BCUT2D eigenvalue weighted by Crippen LogP contribution is 2.23. The number of allylic oxidation sites excluding steroid dienone is 1. The fraction of sp³-hybridized carbons (Fsp3) is 0.0556. The molecule has 0 saturated heterocycles. The quantitative estimate of drug-likeness (QED) is 0.114. The van der Waals surface area contributed by atoms with E-state index in [1.54, 1.807) is 0 Å². The predicted molar refractivity (Wildman–Crippen MR) is 91.8 cm³/mol. The van der Waals surface area contributed by atoms with Gasteiger partial charge in [0, 0.05) is 12.1 Å². The van der Waals surface area contributed by atoms with Gasteiger partial charge in [-0.2, -0.15) is 0 Å². The Bertz CT molecular complexity index is 1150.